The Hall–Kier alpha value is -1.51. The molecule has 1 aromatic rings. The van der Waals surface area contributed by atoms with Crippen molar-refractivity contribution in [3.05, 3.63) is 29.3 Å². The van der Waals surface area contributed by atoms with Gasteiger partial charge in [-0.05, 0) is 56.7 Å². The predicted molar refractivity (Wildman–Crippen MR) is 65.4 cm³/mol. The van der Waals surface area contributed by atoms with Crippen molar-refractivity contribution in [2.75, 3.05) is 0 Å². The number of carboxylic acid groups (broad SMARTS) is 1. The predicted octanol–water partition coefficient (Wildman–Crippen LogP) is 2.81. The molecule has 0 bridgehead atoms. The van der Waals surface area contributed by atoms with Crippen molar-refractivity contribution in [2.45, 2.75) is 45.1 Å². The van der Waals surface area contributed by atoms with Crippen LogP contribution in [-0.2, 0) is 17.6 Å². The highest BCUT2D eigenvalue weighted by Gasteiger charge is 2.30. The zero-order valence-corrected chi connectivity index (χ0v) is 10.3. The molecule has 0 aliphatic heterocycles. The summed E-state index contributed by atoms with van der Waals surface area (Å²) in [6.07, 6.45) is 4.42. The van der Waals surface area contributed by atoms with Crippen molar-refractivity contribution < 1.29 is 14.6 Å². The first kappa shape index (κ1) is 12.0. The zero-order chi connectivity index (χ0) is 12.5. The largest absolute Gasteiger partial charge is 0.478 e. The van der Waals surface area contributed by atoms with Crippen molar-refractivity contribution in [2.24, 2.45) is 0 Å². The molecule has 0 amide bonds. The van der Waals surface area contributed by atoms with Gasteiger partial charge in [0.15, 0.2) is 5.60 Å². The number of aryl methyl sites for hydroxylation is 1. The standard InChI is InChI=1S/C14H18O3/c1-14(2,13(15)16)17-12-9-5-7-10-6-3-4-8-11(10)12/h5,7,9H,3-4,6,8H2,1-2H3,(H,15,16). The first-order chi connectivity index (χ1) is 8.00. The van der Waals surface area contributed by atoms with Crippen LogP contribution in [0.25, 0.3) is 0 Å². The Kier molecular flexibility index (Phi) is 3.09. The van der Waals surface area contributed by atoms with Gasteiger partial charge in [-0.3, -0.25) is 0 Å². The van der Waals surface area contributed by atoms with Gasteiger partial charge in [0, 0.05) is 0 Å². The summed E-state index contributed by atoms with van der Waals surface area (Å²) in [4.78, 5) is 11.1. The maximum atomic E-state index is 11.1. The van der Waals surface area contributed by atoms with Gasteiger partial charge in [0.2, 0.25) is 0 Å². The van der Waals surface area contributed by atoms with Gasteiger partial charge in [-0.2, -0.15) is 0 Å². The van der Waals surface area contributed by atoms with Gasteiger partial charge in [0.1, 0.15) is 5.75 Å². The number of ether oxygens (including phenoxy) is 1. The van der Waals surface area contributed by atoms with Crippen LogP contribution >= 0.6 is 0 Å². The Morgan fingerprint density at radius 1 is 1.29 bits per heavy atom. The monoisotopic (exact) mass is 234 g/mol. The van der Waals surface area contributed by atoms with Crippen LogP contribution in [-0.4, -0.2) is 16.7 Å². The number of benzene rings is 1. The van der Waals surface area contributed by atoms with Crippen LogP contribution in [0.15, 0.2) is 18.2 Å². The summed E-state index contributed by atoms with van der Waals surface area (Å²) in [6, 6.07) is 5.92. The number of hydrogen-bond donors (Lipinski definition) is 1. The second-order valence-corrected chi connectivity index (χ2v) is 5.02. The third kappa shape index (κ3) is 2.43. The summed E-state index contributed by atoms with van der Waals surface area (Å²) < 4.78 is 5.66. The fourth-order valence-electron chi connectivity index (χ4n) is 2.16. The van der Waals surface area contributed by atoms with Gasteiger partial charge in [0.25, 0.3) is 0 Å². The number of carbonyl (C=O) groups is 1. The average molecular weight is 234 g/mol. The van der Waals surface area contributed by atoms with E-state index in [9.17, 15) is 4.79 Å². The minimum absolute atomic E-state index is 0.731. The molecule has 1 N–H and O–H groups in total. The van der Waals surface area contributed by atoms with E-state index in [1.165, 1.54) is 17.5 Å². The summed E-state index contributed by atoms with van der Waals surface area (Å²) in [7, 11) is 0. The number of aliphatic carboxylic acids is 1. The van der Waals surface area contributed by atoms with Crippen LogP contribution in [0.1, 0.15) is 37.8 Å². The van der Waals surface area contributed by atoms with E-state index in [0.29, 0.717) is 0 Å². The molecular formula is C14H18O3. The smallest absolute Gasteiger partial charge is 0.347 e. The third-order valence-electron chi connectivity index (χ3n) is 3.23. The minimum Gasteiger partial charge on any atom is -0.478 e. The molecule has 0 aromatic heterocycles. The van der Waals surface area contributed by atoms with Crippen LogP contribution in [0.3, 0.4) is 0 Å². The molecule has 0 radical (unpaired) electrons. The van der Waals surface area contributed by atoms with Gasteiger partial charge in [0.05, 0.1) is 0 Å². The summed E-state index contributed by atoms with van der Waals surface area (Å²) in [6.45, 7) is 3.16. The second kappa shape index (κ2) is 4.40. The summed E-state index contributed by atoms with van der Waals surface area (Å²) in [5, 5.41) is 9.08. The van der Waals surface area contributed by atoms with E-state index in [-0.39, 0.29) is 0 Å². The molecule has 0 saturated carbocycles. The van der Waals surface area contributed by atoms with E-state index >= 15 is 0 Å². The van der Waals surface area contributed by atoms with Crippen molar-refractivity contribution in [1.82, 2.24) is 0 Å². The topological polar surface area (TPSA) is 46.5 Å². The molecule has 1 aliphatic rings. The molecule has 3 heteroatoms. The molecule has 1 aromatic carbocycles. The highest BCUT2D eigenvalue weighted by atomic mass is 16.5. The summed E-state index contributed by atoms with van der Waals surface area (Å²) in [5.74, 6) is -0.208. The molecular weight excluding hydrogens is 216 g/mol. The van der Waals surface area contributed by atoms with Crippen LogP contribution < -0.4 is 4.74 Å². The molecule has 1 aliphatic carbocycles. The molecule has 0 heterocycles. The SMILES string of the molecule is CC(C)(Oc1cccc2c1CCCC2)C(=O)O. The quantitative estimate of drug-likeness (QED) is 0.874. The molecule has 0 saturated heterocycles. The van der Waals surface area contributed by atoms with Gasteiger partial charge >= 0.3 is 5.97 Å². The lowest BCUT2D eigenvalue weighted by Crippen LogP contribution is -2.38. The Bertz CT molecular complexity index is 435. The average Bonchev–Trinajstić information content (AvgIpc) is 2.29. The number of rotatable bonds is 3. The summed E-state index contributed by atoms with van der Waals surface area (Å²) in [5.41, 5.74) is 1.31. The van der Waals surface area contributed by atoms with E-state index in [0.717, 1.165) is 25.0 Å². The molecule has 3 nitrogen and oxygen atoms in total. The molecule has 2 rings (SSSR count). The first-order valence-electron chi connectivity index (χ1n) is 6.04. The lowest BCUT2D eigenvalue weighted by Gasteiger charge is -2.26. The van der Waals surface area contributed by atoms with Crippen LogP contribution in [0.4, 0.5) is 0 Å². The van der Waals surface area contributed by atoms with Gasteiger partial charge in [-0.15, -0.1) is 0 Å². The van der Waals surface area contributed by atoms with Crippen LogP contribution in [0.2, 0.25) is 0 Å². The molecule has 0 fully saturated rings. The third-order valence-corrected chi connectivity index (χ3v) is 3.23. The number of carboxylic acids is 1. The Morgan fingerprint density at radius 3 is 2.71 bits per heavy atom. The zero-order valence-electron chi connectivity index (χ0n) is 10.3. The molecule has 0 spiro atoms. The fraction of sp³-hybridized carbons (Fsp3) is 0.500. The van der Waals surface area contributed by atoms with E-state index in [1.807, 2.05) is 12.1 Å². The van der Waals surface area contributed by atoms with Crippen LogP contribution in [0, 0.1) is 0 Å². The van der Waals surface area contributed by atoms with E-state index in [1.54, 1.807) is 13.8 Å². The maximum absolute atomic E-state index is 11.1. The normalized spacial score (nSPS) is 15.2. The fourth-order valence-corrected chi connectivity index (χ4v) is 2.16. The molecule has 17 heavy (non-hydrogen) atoms. The van der Waals surface area contributed by atoms with Crippen molar-refractivity contribution >= 4 is 5.97 Å². The molecule has 0 unspecified atom stereocenters. The van der Waals surface area contributed by atoms with Crippen molar-refractivity contribution in [1.29, 1.82) is 0 Å². The first-order valence-corrected chi connectivity index (χ1v) is 6.04. The maximum Gasteiger partial charge on any atom is 0.347 e. The van der Waals surface area contributed by atoms with Gasteiger partial charge in [-0.1, -0.05) is 12.1 Å². The van der Waals surface area contributed by atoms with Gasteiger partial charge < -0.3 is 9.84 Å². The van der Waals surface area contributed by atoms with E-state index in [2.05, 4.69) is 6.07 Å². The lowest BCUT2D eigenvalue weighted by atomic mass is 9.91. The molecule has 0 atom stereocenters. The lowest BCUT2D eigenvalue weighted by molar-refractivity contribution is -0.152. The van der Waals surface area contributed by atoms with E-state index in [4.69, 9.17) is 9.84 Å². The summed E-state index contributed by atoms with van der Waals surface area (Å²) >= 11 is 0. The Labute approximate surface area is 101 Å². The highest BCUT2D eigenvalue weighted by molar-refractivity contribution is 5.76. The highest BCUT2D eigenvalue weighted by Crippen LogP contribution is 2.31. The van der Waals surface area contributed by atoms with E-state index < -0.39 is 11.6 Å². The Balaban J connectivity index is 2.30. The van der Waals surface area contributed by atoms with Crippen molar-refractivity contribution in [3.8, 4) is 5.75 Å². The van der Waals surface area contributed by atoms with Gasteiger partial charge in [-0.25, -0.2) is 4.79 Å². The number of hydrogen-bond acceptors (Lipinski definition) is 2. The second-order valence-electron chi connectivity index (χ2n) is 5.02. The minimum atomic E-state index is -1.17. The van der Waals surface area contributed by atoms with Crippen molar-refractivity contribution in [3.63, 3.8) is 0 Å². The van der Waals surface area contributed by atoms with Crippen LogP contribution in [0.5, 0.6) is 5.75 Å². The molecule has 92 valence electrons. The number of fused-ring (bicyclic) bond motifs is 1. The Morgan fingerprint density at radius 2 is 2.00 bits per heavy atom.